The topological polar surface area (TPSA) is 325 Å². The van der Waals surface area contributed by atoms with Crippen LogP contribution in [0.25, 0.3) is 0 Å². The van der Waals surface area contributed by atoms with Gasteiger partial charge < -0.3 is 50.7 Å². The SMILES string of the molecule is CC(F)c1c(F)cc(F)cc1C=O.COC(=O)C1=C(CF)NC2=C(C(=O)CC2)[C@@H]1c1cc(F)cc(F)c1[C@@H](C)F.COC(=O)C1=C(CF)NC2=C(C(=O)CC2)[C@@H]1c1cc(F)cc(F)c1[C@H](C)F.COC(=O)C1=C(CF)NC2=C(C(=O)CC2)[C@H]1c1cc(F)cc(F)c1[C@@H](C)F.COC(=O)C1=C(CF)NC2=C(C(=O)CC2)[C@H]1c1cc(F)cc(F)c1[C@H](C)F.COC(=O)CC(=O)CF.NC1=CC(=O)CC1. The van der Waals surface area contributed by atoms with Crippen molar-refractivity contribution in [3.63, 3.8) is 0 Å². The molecule has 137 heavy (non-hydrogen) atoms. The van der Waals surface area contributed by atoms with Crippen LogP contribution in [0.2, 0.25) is 0 Å². The summed E-state index contributed by atoms with van der Waals surface area (Å²) in [6, 6.07) is 6.97. The number of halogens is 20. The quantitative estimate of drug-likeness (QED) is 0.0150. The third-order valence-electron chi connectivity index (χ3n) is 22.6. The second-order valence-electron chi connectivity index (χ2n) is 31.3. The third-order valence-corrected chi connectivity index (χ3v) is 22.6. The van der Waals surface area contributed by atoms with Gasteiger partial charge in [0.1, 0.15) is 129 Å². The molecular weight excluding hydrogens is 1860 g/mol. The lowest BCUT2D eigenvalue weighted by Crippen LogP contribution is -2.32. The number of dihydropyridines is 4. The minimum Gasteiger partial charge on any atom is -0.469 e. The van der Waals surface area contributed by atoms with Crippen molar-refractivity contribution in [2.75, 3.05) is 68.9 Å². The van der Waals surface area contributed by atoms with Crippen molar-refractivity contribution in [3.8, 4) is 0 Å². The maximum Gasteiger partial charge on any atom is 0.336 e. The number of aldehydes is 1. The molecule has 0 amide bonds. The number of ketones is 6. The van der Waals surface area contributed by atoms with Gasteiger partial charge >= 0.3 is 29.8 Å². The predicted molar refractivity (Wildman–Crippen MR) is 448 cm³/mol. The van der Waals surface area contributed by atoms with E-state index >= 15 is 0 Å². The molecule has 0 fully saturated rings. The van der Waals surface area contributed by atoms with Gasteiger partial charge in [0, 0.05) is 170 Å². The first-order valence-electron chi connectivity index (χ1n) is 41.6. The highest BCUT2D eigenvalue weighted by Crippen LogP contribution is 2.52. The molecule has 5 aromatic rings. The molecule has 0 spiro atoms. The lowest BCUT2D eigenvalue weighted by atomic mass is 9.77. The van der Waals surface area contributed by atoms with Crippen LogP contribution in [0.5, 0.6) is 0 Å². The number of nitrogens with two attached hydrogens (primary N) is 1. The van der Waals surface area contributed by atoms with Gasteiger partial charge in [0.2, 0.25) is 0 Å². The first kappa shape index (κ1) is 109. The monoisotopic (exact) mass is 1950 g/mol. The van der Waals surface area contributed by atoms with Gasteiger partial charge in [0.25, 0.3) is 0 Å². The Hall–Kier alpha value is -13.6. The molecule has 14 rings (SSSR count). The van der Waals surface area contributed by atoms with Gasteiger partial charge in [0.05, 0.1) is 80.6 Å². The number of alkyl halides is 10. The maximum absolute atomic E-state index is 14.3. The van der Waals surface area contributed by atoms with Crippen molar-refractivity contribution in [3.05, 3.63) is 276 Å². The van der Waals surface area contributed by atoms with Crippen LogP contribution in [0.15, 0.2) is 163 Å². The van der Waals surface area contributed by atoms with Gasteiger partial charge in [-0.25, -0.2) is 107 Å². The Morgan fingerprint density at radius 2 is 0.599 bits per heavy atom. The number of esters is 5. The average Bonchev–Trinajstić information content (AvgIpc) is 1.61. The van der Waals surface area contributed by atoms with Crippen molar-refractivity contribution < 1.29 is 169 Å². The van der Waals surface area contributed by atoms with E-state index in [0.717, 1.165) is 113 Å². The Kier molecular flexibility index (Phi) is 37.9. The summed E-state index contributed by atoms with van der Waals surface area (Å²) >= 11 is 0. The van der Waals surface area contributed by atoms with E-state index in [-0.39, 0.29) is 182 Å². The van der Waals surface area contributed by atoms with E-state index in [2.05, 4.69) is 26.0 Å². The number of rotatable bonds is 21. The Labute approximate surface area is 769 Å². The Balaban J connectivity index is 0.000000204. The Morgan fingerprint density at radius 1 is 0.358 bits per heavy atom. The van der Waals surface area contributed by atoms with Gasteiger partial charge in [0.15, 0.2) is 41.0 Å². The number of nitrogens with one attached hydrogen (secondary N) is 4. The van der Waals surface area contributed by atoms with Crippen molar-refractivity contribution >= 4 is 70.8 Å². The highest BCUT2D eigenvalue weighted by molar-refractivity contribution is 6.09. The van der Waals surface area contributed by atoms with Crippen LogP contribution in [0, 0.1) is 58.2 Å². The molecular formula is C95H89F20N5O17. The molecule has 0 radical (unpaired) electrons. The third kappa shape index (κ3) is 24.4. The minimum absolute atomic E-state index is 0.0829. The van der Waals surface area contributed by atoms with Gasteiger partial charge in [-0.1, -0.05) is 0 Å². The molecule has 22 nitrogen and oxygen atoms in total. The normalized spacial score (nSPS) is 19.0. The second kappa shape index (κ2) is 47.7. The molecule has 0 aromatic heterocycles. The number of hydrogen-bond donors (Lipinski definition) is 5. The van der Waals surface area contributed by atoms with Gasteiger partial charge in [-0.15, -0.1) is 0 Å². The second-order valence-corrected chi connectivity index (χ2v) is 31.3. The van der Waals surface area contributed by atoms with E-state index in [1.165, 1.54) is 6.08 Å². The van der Waals surface area contributed by atoms with E-state index in [9.17, 15) is 145 Å². The molecule has 1 unspecified atom stereocenters. The van der Waals surface area contributed by atoms with Crippen LogP contribution >= 0.6 is 0 Å². The summed E-state index contributed by atoms with van der Waals surface area (Å²) in [5.74, 6) is -22.3. The van der Waals surface area contributed by atoms with Crippen molar-refractivity contribution in [2.24, 2.45) is 5.73 Å². The highest BCUT2D eigenvalue weighted by Gasteiger charge is 2.49. The van der Waals surface area contributed by atoms with E-state index in [4.69, 9.17) is 24.7 Å². The molecule has 9 atom stereocenters. The number of benzene rings is 5. The fourth-order valence-corrected chi connectivity index (χ4v) is 17.0. The van der Waals surface area contributed by atoms with Crippen LogP contribution in [-0.4, -0.2) is 140 Å². The summed E-state index contributed by atoms with van der Waals surface area (Å²) in [5, 5.41) is 10.9. The Morgan fingerprint density at radius 3 is 0.781 bits per heavy atom. The largest absolute Gasteiger partial charge is 0.469 e. The molecule has 0 saturated heterocycles. The molecule has 5 aliphatic carbocycles. The lowest BCUT2D eigenvalue weighted by molar-refractivity contribution is -0.144. The van der Waals surface area contributed by atoms with E-state index in [1.807, 2.05) is 0 Å². The number of hydrogen-bond acceptors (Lipinski definition) is 22. The first-order chi connectivity index (χ1) is 64.7. The van der Waals surface area contributed by atoms with Crippen LogP contribution in [-0.2, 0) is 76.4 Å². The molecule has 6 N–H and O–H groups in total. The predicted octanol–water partition coefficient (Wildman–Crippen LogP) is 17.9. The zero-order valence-electron chi connectivity index (χ0n) is 74.5. The van der Waals surface area contributed by atoms with E-state index in [1.54, 1.807) is 0 Å². The number of carbonyl (C=O) groups is 12. The molecule has 42 heteroatoms. The van der Waals surface area contributed by atoms with Crippen LogP contribution in [0.4, 0.5) is 87.8 Å². The van der Waals surface area contributed by atoms with Crippen LogP contribution in [0.3, 0.4) is 0 Å². The molecule has 736 valence electrons. The van der Waals surface area contributed by atoms with Crippen molar-refractivity contribution in [1.29, 1.82) is 0 Å². The summed E-state index contributed by atoms with van der Waals surface area (Å²) < 4.78 is 297. The number of ether oxygens (including phenoxy) is 5. The lowest BCUT2D eigenvalue weighted by Gasteiger charge is -2.30. The molecule has 0 saturated carbocycles. The van der Waals surface area contributed by atoms with Crippen molar-refractivity contribution in [2.45, 2.75) is 160 Å². The molecule has 0 bridgehead atoms. The number of carbonyl (C=O) groups excluding carboxylic acids is 12. The highest BCUT2D eigenvalue weighted by atomic mass is 19.2. The standard InChI is InChI=1S/4C19H17F4NO3.C9H7F3O.C5H7FO3.C5H7NO/c4*1-8(21)15-10(5-9(22)6-11(15)23)16-17-12(3-4-14(17)25)24-13(7-20)18(16)19(26)27-2;1-5(10)9-6(4-13)2-7(11)3-8(9)12;1-9-5(8)2-4(7)3-6;6-4-1-2-5(7)3-4/h4*5-6,8,16,24H,3-4,7H2,1-2H3;2-5H,1H3;2-3H2,1H3;3H,1-2,6H2/t2*8-,16+;2*8-,16-;;;/m1010.../s1. The van der Waals surface area contributed by atoms with Crippen LogP contribution in [0.1, 0.15) is 220 Å². The Bertz CT molecular complexity index is 5390. The number of Topliss-reactive ketones (excluding diaryl/α,β-unsaturated/α-hetero) is 5. The zero-order valence-corrected chi connectivity index (χ0v) is 74.5. The van der Waals surface area contributed by atoms with Gasteiger partial charge in [-0.2, -0.15) is 0 Å². The van der Waals surface area contributed by atoms with Crippen LogP contribution < -0.4 is 27.0 Å². The molecule has 4 heterocycles. The summed E-state index contributed by atoms with van der Waals surface area (Å²) in [5.41, 5.74) is 2.49. The van der Waals surface area contributed by atoms with E-state index < -0.39 is 216 Å². The smallest absolute Gasteiger partial charge is 0.336 e. The number of allylic oxidation sites excluding steroid dienone is 14. The fourth-order valence-electron chi connectivity index (χ4n) is 17.0. The summed E-state index contributed by atoms with van der Waals surface area (Å²) in [4.78, 5) is 140. The first-order valence-corrected chi connectivity index (χ1v) is 41.6. The zero-order chi connectivity index (χ0) is 102. The fraction of sp³-hybridized carbons (Fsp3) is 0.368. The summed E-state index contributed by atoms with van der Waals surface area (Å²) in [6.45, 7) is -0.149. The summed E-state index contributed by atoms with van der Waals surface area (Å²) in [7, 11) is 5.40. The molecule has 9 aliphatic rings. The maximum atomic E-state index is 14.3. The molecule has 4 aliphatic heterocycles. The summed E-state index contributed by atoms with van der Waals surface area (Å²) in [6.07, 6.45) is -4.90. The molecule has 5 aromatic carbocycles. The number of methoxy groups -OCH3 is 5. The van der Waals surface area contributed by atoms with E-state index in [0.29, 0.717) is 59.5 Å². The minimum atomic E-state index is -1.84. The average molecular weight is 1950 g/mol. The van der Waals surface area contributed by atoms with Gasteiger partial charge in [-0.3, -0.25) is 38.4 Å². The van der Waals surface area contributed by atoms with Gasteiger partial charge in [-0.05, 0) is 125 Å². The van der Waals surface area contributed by atoms with Crippen molar-refractivity contribution in [1.82, 2.24) is 21.3 Å².